The van der Waals surface area contributed by atoms with Gasteiger partial charge in [0.05, 0.1) is 0 Å². The first-order chi connectivity index (χ1) is 11.1. The third-order valence-corrected chi connectivity index (χ3v) is 5.41. The van der Waals surface area contributed by atoms with Crippen molar-refractivity contribution in [2.75, 3.05) is 0 Å². The van der Waals surface area contributed by atoms with E-state index >= 15 is 0 Å². The van der Waals surface area contributed by atoms with E-state index in [1.54, 1.807) is 0 Å². The molecule has 0 bridgehead atoms. The van der Waals surface area contributed by atoms with Crippen LogP contribution in [0.2, 0.25) is 0 Å². The molecule has 0 aromatic carbocycles. The summed E-state index contributed by atoms with van der Waals surface area (Å²) in [7, 11) is 0. The predicted octanol–water partition coefficient (Wildman–Crippen LogP) is 6.60. The number of hydrogen-bond acceptors (Lipinski definition) is 1. The quantitative estimate of drug-likeness (QED) is 0.306. The number of aliphatic carboxylic acids is 1. The van der Waals surface area contributed by atoms with Crippen LogP contribution in [0.1, 0.15) is 97.3 Å². The minimum atomic E-state index is -0.654. The fraction of sp³-hybridized carbons (Fsp3) is 0.857. The standard InChI is InChI=1S/C21H38O2/c1-3-4-11-18(2)12-9-14-20-16-10-15-19(20)13-7-5-6-8-17-21(22)23/h9,14,18-20H,3-8,10-13,15-17H2,1-2H3,(H,22,23)/t18?,19-,20-/m0/s1. The van der Waals surface area contributed by atoms with Crippen molar-refractivity contribution in [2.45, 2.75) is 97.3 Å². The smallest absolute Gasteiger partial charge is 0.303 e. The van der Waals surface area contributed by atoms with Gasteiger partial charge in [-0.1, -0.05) is 70.9 Å². The van der Waals surface area contributed by atoms with E-state index in [0.29, 0.717) is 6.42 Å². The molecule has 0 aliphatic heterocycles. The van der Waals surface area contributed by atoms with E-state index in [9.17, 15) is 4.79 Å². The Morgan fingerprint density at radius 3 is 2.70 bits per heavy atom. The maximum absolute atomic E-state index is 10.5. The van der Waals surface area contributed by atoms with Gasteiger partial charge in [-0.3, -0.25) is 4.79 Å². The second kappa shape index (κ2) is 12.6. The highest BCUT2D eigenvalue weighted by molar-refractivity contribution is 5.66. The molecule has 1 rings (SSSR count). The molecule has 1 aliphatic rings. The summed E-state index contributed by atoms with van der Waals surface area (Å²) in [5, 5.41) is 8.64. The van der Waals surface area contributed by atoms with Crippen LogP contribution >= 0.6 is 0 Å². The first-order valence-corrected chi connectivity index (χ1v) is 10.0. The molecule has 0 heterocycles. The summed E-state index contributed by atoms with van der Waals surface area (Å²) in [4.78, 5) is 10.5. The van der Waals surface area contributed by atoms with E-state index in [2.05, 4.69) is 26.0 Å². The first-order valence-electron chi connectivity index (χ1n) is 10.0. The first kappa shape index (κ1) is 20.3. The summed E-state index contributed by atoms with van der Waals surface area (Å²) in [6.45, 7) is 4.65. The van der Waals surface area contributed by atoms with Crippen LogP contribution in [-0.2, 0) is 4.79 Å². The zero-order valence-electron chi connectivity index (χ0n) is 15.4. The van der Waals surface area contributed by atoms with Gasteiger partial charge in [-0.15, -0.1) is 0 Å². The molecule has 0 aromatic heterocycles. The average molecular weight is 323 g/mol. The van der Waals surface area contributed by atoms with Crippen LogP contribution in [0.25, 0.3) is 0 Å². The van der Waals surface area contributed by atoms with Crippen LogP contribution in [0.5, 0.6) is 0 Å². The van der Waals surface area contributed by atoms with Gasteiger partial charge in [-0.25, -0.2) is 0 Å². The number of rotatable bonds is 13. The van der Waals surface area contributed by atoms with Crippen molar-refractivity contribution in [2.24, 2.45) is 17.8 Å². The average Bonchev–Trinajstić information content (AvgIpc) is 2.96. The largest absolute Gasteiger partial charge is 0.481 e. The molecule has 1 aliphatic carbocycles. The lowest BCUT2D eigenvalue weighted by molar-refractivity contribution is -0.137. The fourth-order valence-corrected chi connectivity index (χ4v) is 3.87. The van der Waals surface area contributed by atoms with Crippen molar-refractivity contribution in [3.8, 4) is 0 Å². The van der Waals surface area contributed by atoms with Crippen LogP contribution in [0.4, 0.5) is 0 Å². The summed E-state index contributed by atoms with van der Waals surface area (Å²) >= 11 is 0. The molecule has 0 saturated heterocycles. The minimum Gasteiger partial charge on any atom is -0.481 e. The van der Waals surface area contributed by atoms with Crippen LogP contribution in [0, 0.1) is 17.8 Å². The van der Waals surface area contributed by atoms with Gasteiger partial charge in [-0.05, 0) is 49.9 Å². The predicted molar refractivity (Wildman–Crippen MR) is 98.6 cm³/mol. The Hall–Kier alpha value is -0.790. The van der Waals surface area contributed by atoms with E-state index in [-0.39, 0.29) is 0 Å². The summed E-state index contributed by atoms with van der Waals surface area (Å²) in [5.41, 5.74) is 0. The molecule has 2 nitrogen and oxygen atoms in total. The van der Waals surface area contributed by atoms with Gasteiger partial charge in [0, 0.05) is 6.42 Å². The number of carbonyl (C=O) groups is 1. The highest BCUT2D eigenvalue weighted by atomic mass is 16.4. The lowest BCUT2D eigenvalue weighted by Crippen LogP contribution is -2.05. The number of carboxylic acids is 1. The van der Waals surface area contributed by atoms with Crippen molar-refractivity contribution >= 4 is 5.97 Å². The summed E-state index contributed by atoms with van der Waals surface area (Å²) in [6, 6.07) is 0. The zero-order valence-corrected chi connectivity index (χ0v) is 15.4. The Morgan fingerprint density at radius 2 is 1.96 bits per heavy atom. The van der Waals surface area contributed by atoms with Gasteiger partial charge in [0.2, 0.25) is 0 Å². The lowest BCUT2D eigenvalue weighted by atomic mass is 9.89. The maximum Gasteiger partial charge on any atom is 0.303 e. The lowest BCUT2D eigenvalue weighted by Gasteiger charge is -2.16. The molecule has 134 valence electrons. The Balaban J connectivity index is 2.14. The van der Waals surface area contributed by atoms with Crippen LogP contribution in [-0.4, -0.2) is 11.1 Å². The van der Waals surface area contributed by atoms with Gasteiger partial charge in [0.15, 0.2) is 0 Å². The zero-order chi connectivity index (χ0) is 16.9. The molecular formula is C21H38O2. The van der Waals surface area contributed by atoms with Gasteiger partial charge in [0.1, 0.15) is 0 Å². The molecule has 3 atom stereocenters. The SMILES string of the molecule is CCCCC(C)CC=C[C@H]1CCC[C@@H]1CCCCCCC(=O)O. The number of hydrogen-bond donors (Lipinski definition) is 1. The van der Waals surface area contributed by atoms with Crippen molar-refractivity contribution in [3.05, 3.63) is 12.2 Å². The van der Waals surface area contributed by atoms with Crippen LogP contribution in [0.15, 0.2) is 12.2 Å². The molecule has 0 radical (unpaired) electrons. The summed E-state index contributed by atoms with van der Waals surface area (Å²) in [6.07, 6.45) is 20.5. The Bertz CT molecular complexity index is 335. The maximum atomic E-state index is 10.5. The topological polar surface area (TPSA) is 37.3 Å². The third-order valence-electron chi connectivity index (χ3n) is 5.41. The number of allylic oxidation sites excluding steroid dienone is 2. The molecule has 1 saturated carbocycles. The van der Waals surface area contributed by atoms with Gasteiger partial charge < -0.3 is 5.11 Å². The molecular weight excluding hydrogens is 284 g/mol. The highest BCUT2D eigenvalue weighted by Crippen LogP contribution is 2.36. The van der Waals surface area contributed by atoms with Gasteiger partial charge in [-0.2, -0.15) is 0 Å². The minimum absolute atomic E-state index is 0.338. The molecule has 1 fully saturated rings. The fourth-order valence-electron chi connectivity index (χ4n) is 3.87. The highest BCUT2D eigenvalue weighted by Gasteiger charge is 2.24. The Labute approximate surface area is 143 Å². The summed E-state index contributed by atoms with van der Waals surface area (Å²) in [5.74, 6) is 1.88. The molecule has 0 spiro atoms. The number of carboxylic acid groups (broad SMARTS) is 1. The van der Waals surface area contributed by atoms with Gasteiger partial charge in [0.25, 0.3) is 0 Å². The van der Waals surface area contributed by atoms with Crippen molar-refractivity contribution in [3.63, 3.8) is 0 Å². The van der Waals surface area contributed by atoms with E-state index in [1.165, 1.54) is 64.2 Å². The van der Waals surface area contributed by atoms with E-state index in [0.717, 1.165) is 30.6 Å². The molecule has 1 N–H and O–H groups in total. The third kappa shape index (κ3) is 9.84. The van der Waals surface area contributed by atoms with Crippen molar-refractivity contribution in [1.82, 2.24) is 0 Å². The second-order valence-corrected chi connectivity index (χ2v) is 7.61. The number of unbranched alkanes of at least 4 members (excludes halogenated alkanes) is 4. The molecule has 23 heavy (non-hydrogen) atoms. The molecule has 0 aromatic rings. The molecule has 2 heteroatoms. The Morgan fingerprint density at radius 1 is 1.17 bits per heavy atom. The van der Waals surface area contributed by atoms with Crippen LogP contribution in [0.3, 0.4) is 0 Å². The van der Waals surface area contributed by atoms with E-state index in [4.69, 9.17) is 5.11 Å². The molecule has 1 unspecified atom stereocenters. The monoisotopic (exact) mass is 322 g/mol. The Kier molecular flexibility index (Phi) is 11.1. The normalized spacial score (nSPS) is 22.7. The van der Waals surface area contributed by atoms with Crippen molar-refractivity contribution < 1.29 is 9.90 Å². The summed E-state index contributed by atoms with van der Waals surface area (Å²) < 4.78 is 0. The van der Waals surface area contributed by atoms with Crippen LogP contribution < -0.4 is 0 Å². The van der Waals surface area contributed by atoms with Crippen molar-refractivity contribution in [1.29, 1.82) is 0 Å². The van der Waals surface area contributed by atoms with E-state index in [1.807, 2.05) is 0 Å². The second-order valence-electron chi connectivity index (χ2n) is 7.61. The van der Waals surface area contributed by atoms with Gasteiger partial charge >= 0.3 is 5.97 Å². The van der Waals surface area contributed by atoms with E-state index < -0.39 is 5.97 Å². The molecule has 0 amide bonds.